The van der Waals surface area contributed by atoms with Gasteiger partial charge in [-0.2, -0.15) is 0 Å². The number of pyridine rings is 2. The molecule has 172 valence electrons. The van der Waals surface area contributed by atoms with Gasteiger partial charge in [0.15, 0.2) is 0 Å². The fourth-order valence-electron chi connectivity index (χ4n) is 4.65. The number of unbranched alkanes of at least 4 members (excludes halogenated alkanes) is 1. The zero-order chi connectivity index (χ0) is 22.8. The van der Waals surface area contributed by atoms with Crippen molar-refractivity contribution >= 4 is 0 Å². The SMILES string of the molecule is CC.CCCCc1ccc(-c2ccnc(C(C)c3cccc(C4CCCCC4)c3)c2)cn1.[HH]. The number of benzene rings is 1. The van der Waals surface area contributed by atoms with E-state index in [9.17, 15) is 0 Å². The lowest BCUT2D eigenvalue weighted by atomic mass is 9.82. The summed E-state index contributed by atoms with van der Waals surface area (Å²) in [5.74, 6) is 1.02. The lowest BCUT2D eigenvalue weighted by Crippen LogP contribution is -2.06. The standard InChI is InChI=1S/C28H34N2.C2H6.H2/c1-3-4-13-27-15-14-26(20-30-27)25-16-17-29-28(19-25)21(2)23-11-8-12-24(18-23)22-9-6-5-7-10-22;1-2;/h8,11-12,14-22H,3-7,9-10,13H2,1-2H3;1-2H3;1H. The van der Waals surface area contributed by atoms with E-state index in [1.807, 2.05) is 26.2 Å². The highest BCUT2D eigenvalue weighted by molar-refractivity contribution is 5.62. The molecule has 1 aromatic carbocycles. The third-order valence-corrected chi connectivity index (χ3v) is 6.66. The van der Waals surface area contributed by atoms with Gasteiger partial charge in [0.2, 0.25) is 0 Å². The molecule has 32 heavy (non-hydrogen) atoms. The molecule has 0 bridgehead atoms. The lowest BCUT2D eigenvalue weighted by Gasteiger charge is -2.23. The Morgan fingerprint density at radius 1 is 0.938 bits per heavy atom. The van der Waals surface area contributed by atoms with Crippen molar-refractivity contribution in [2.75, 3.05) is 0 Å². The molecule has 3 aromatic rings. The van der Waals surface area contributed by atoms with Crippen LogP contribution in [0.2, 0.25) is 0 Å². The van der Waals surface area contributed by atoms with Crippen LogP contribution in [0, 0.1) is 0 Å². The van der Waals surface area contributed by atoms with Crippen LogP contribution in [0.5, 0.6) is 0 Å². The van der Waals surface area contributed by atoms with Crippen LogP contribution in [0.25, 0.3) is 11.1 Å². The maximum atomic E-state index is 4.72. The average molecular weight is 431 g/mol. The normalized spacial score (nSPS) is 15.0. The Bertz CT molecular complexity index is 946. The molecule has 1 atom stereocenters. The van der Waals surface area contributed by atoms with Crippen LogP contribution in [-0.4, -0.2) is 9.97 Å². The monoisotopic (exact) mass is 430 g/mol. The fourth-order valence-corrected chi connectivity index (χ4v) is 4.65. The Labute approximate surface area is 197 Å². The van der Waals surface area contributed by atoms with Crippen molar-refractivity contribution in [1.29, 1.82) is 0 Å². The van der Waals surface area contributed by atoms with Gasteiger partial charge >= 0.3 is 0 Å². The summed E-state index contributed by atoms with van der Waals surface area (Å²) in [5, 5.41) is 0. The summed E-state index contributed by atoms with van der Waals surface area (Å²) in [6.07, 6.45) is 14.2. The number of rotatable bonds is 7. The summed E-state index contributed by atoms with van der Waals surface area (Å²) in [6.45, 7) is 8.50. The van der Waals surface area contributed by atoms with Crippen LogP contribution in [0.15, 0.2) is 60.9 Å². The molecule has 1 aliphatic rings. The molecule has 0 N–H and O–H groups in total. The summed E-state index contributed by atoms with van der Waals surface area (Å²) >= 11 is 0. The zero-order valence-electron chi connectivity index (χ0n) is 20.5. The van der Waals surface area contributed by atoms with Crippen molar-refractivity contribution in [3.05, 3.63) is 83.4 Å². The molecule has 1 aliphatic carbocycles. The molecule has 2 heteroatoms. The number of hydrogen-bond donors (Lipinski definition) is 0. The highest BCUT2D eigenvalue weighted by atomic mass is 14.7. The Morgan fingerprint density at radius 2 is 1.75 bits per heavy atom. The summed E-state index contributed by atoms with van der Waals surface area (Å²) in [6, 6.07) is 17.9. The molecule has 1 fully saturated rings. The molecule has 2 aromatic heterocycles. The van der Waals surface area contributed by atoms with Crippen LogP contribution in [0.3, 0.4) is 0 Å². The highest BCUT2D eigenvalue weighted by Crippen LogP contribution is 2.35. The van der Waals surface area contributed by atoms with E-state index in [1.165, 1.54) is 72.9 Å². The van der Waals surface area contributed by atoms with Crippen molar-refractivity contribution in [1.82, 2.24) is 9.97 Å². The molecular weight excluding hydrogens is 388 g/mol. The van der Waals surface area contributed by atoms with Crippen LogP contribution in [-0.2, 0) is 6.42 Å². The largest absolute Gasteiger partial charge is 0.261 e. The number of aryl methyl sites for hydroxylation is 1. The lowest BCUT2D eigenvalue weighted by molar-refractivity contribution is 0.443. The summed E-state index contributed by atoms with van der Waals surface area (Å²) in [4.78, 5) is 9.39. The molecule has 0 aliphatic heterocycles. The molecule has 2 heterocycles. The highest BCUT2D eigenvalue weighted by Gasteiger charge is 2.17. The molecule has 0 saturated heterocycles. The van der Waals surface area contributed by atoms with Gasteiger partial charge < -0.3 is 0 Å². The topological polar surface area (TPSA) is 25.8 Å². The Hall–Kier alpha value is -2.48. The van der Waals surface area contributed by atoms with Gasteiger partial charge in [0, 0.05) is 36.7 Å². The first-order chi connectivity index (χ1) is 15.7. The minimum absolute atomic E-state index is 0. The van der Waals surface area contributed by atoms with Gasteiger partial charge in [0.1, 0.15) is 0 Å². The molecule has 0 amide bonds. The second kappa shape index (κ2) is 12.5. The third-order valence-electron chi connectivity index (χ3n) is 6.66. The fraction of sp³-hybridized carbons (Fsp3) is 0.467. The summed E-state index contributed by atoms with van der Waals surface area (Å²) in [5.41, 5.74) is 7.57. The Balaban J connectivity index is 0.00000125. The molecule has 0 radical (unpaired) electrons. The third kappa shape index (κ3) is 6.28. The van der Waals surface area contributed by atoms with Gasteiger partial charge in [-0.3, -0.25) is 9.97 Å². The van der Waals surface area contributed by atoms with Crippen LogP contribution in [0.4, 0.5) is 0 Å². The number of nitrogens with zero attached hydrogens (tertiary/aromatic N) is 2. The van der Waals surface area contributed by atoms with Crippen molar-refractivity contribution in [3.8, 4) is 11.1 Å². The molecular formula is C30H42N2. The summed E-state index contributed by atoms with van der Waals surface area (Å²) < 4.78 is 0. The molecule has 1 saturated carbocycles. The van der Waals surface area contributed by atoms with E-state index in [-0.39, 0.29) is 7.34 Å². The average Bonchev–Trinajstić information content (AvgIpc) is 2.89. The Morgan fingerprint density at radius 3 is 2.47 bits per heavy atom. The van der Waals surface area contributed by atoms with E-state index in [2.05, 4.69) is 67.4 Å². The van der Waals surface area contributed by atoms with Crippen LogP contribution in [0.1, 0.15) is 108 Å². The van der Waals surface area contributed by atoms with Crippen LogP contribution < -0.4 is 0 Å². The first kappa shape index (κ1) is 24.2. The maximum absolute atomic E-state index is 4.72. The van der Waals surface area contributed by atoms with Gasteiger partial charge in [0.25, 0.3) is 0 Å². The predicted molar refractivity (Wildman–Crippen MR) is 139 cm³/mol. The van der Waals surface area contributed by atoms with Crippen molar-refractivity contribution in [2.24, 2.45) is 0 Å². The molecule has 4 rings (SSSR count). The van der Waals surface area contributed by atoms with E-state index in [4.69, 9.17) is 4.98 Å². The van der Waals surface area contributed by atoms with Gasteiger partial charge in [-0.25, -0.2) is 0 Å². The van der Waals surface area contributed by atoms with E-state index in [0.29, 0.717) is 0 Å². The van der Waals surface area contributed by atoms with Gasteiger partial charge in [-0.15, -0.1) is 0 Å². The number of aromatic nitrogens is 2. The minimum Gasteiger partial charge on any atom is -0.261 e. The van der Waals surface area contributed by atoms with Gasteiger partial charge in [-0.05, 0) is 66.5 Å². The van der Waals surface area contributed by atoms with Crippen molar-refractivity contribution < 1.29 is 1.43 Å². The molecule has 1 unspecified atom stereocenters. The van der Waals surface area contributed by atoms with Crippen molar-refractivity contribution in [3.63, 3.8) is 0 Å². The van der Waals surface area contributed by atoms with Gasteiger partial charge in [-0.1, -0.05) is 83.7 Å². The molecule has 0 spiro atoms. The molecule has 2 nitrogen and oxygen atoms in total. The minimum atomic E-state index is 0. The van der Waals surface area contributed by atoms with E-state index >= 15 is 0 Å². The first-order valence-corrected chi connectivity index (χ1v) is 12.8. The predicted octanol–water partition coefficient (Wildman–Crippen LogP) is 8.96. The van der Waals surface area contributed by atoms with Crippen LogP contribution >= 0.6 is 0 Å². The van der Waals surface area contributed by atoms with Gasteiger partial charge in [0.05, 0.1) is 0 Å². The smallest absolute Gasteiger partial charge is 0.0481 e. The first-order valence-electron chi connectivity index (χ1n) is 12.8. The second-order valence-corrected chi connectivity index (χ2v) is 8.84. The van der Waals surface area contributed by atoms with Crippen molar-refractivity contribution in [2.45, 2.75) is 90.9 Å². The number of hydrogen-bond acceptors (Lipinski definition) is 2. The summed E-state index contributed by atoms with van der Waals surface area (Å²) in [7, 11) is 0. The van der Waals surface area contributed by atoms with E-state index in [0.717, 1.165) is 18.0 Å². The zero-order valence-corrected chi connectivity index (χ0v) is 20.5. The van der Waals surface area contributed by atoms with E-state index in [1.54, 1.807) is 0 Å². The Kier molecular flexibility index (Phi) is 9.46. The quantitative estimate of drug-likeness (QED) is 0.374. The second-order valence-electron chi connectivity index (χ2n) is 8.84. The van der Waals surface area contributed by atoms with E-state index < -0.39 is 0 Å². The maximum Gasteiger partial charge on any atom is 0.0481 e.